The molecule has 1 N–H and O–H groups in total. The Balaban J connectivity index is 2.26. The molecule has 1 nitrogen and oxygen atoms in total. The van der Waals surface area contributed by atoms with Crippen LogP contribution >= 0.6 is 11.8 Å². The molecule has 1 rings (SSSR count). The van der Waals surface area contributed by atoms with E-state index in [1.807, 2.05) is 25.1 Å². The summed E-state index contributed by atoms with van der Waals surface area (Å²) in [6.45, 7) is 5.58. The van der Waals surface area contributed by atoms with Crippen LogP contribution in [-0.4, -0.2) is 17.0 Å². The maximum atomic E-state index is 9.49. The van der Waals surface area contributed by atoms with Crippen LogP contribution in [0.1, 0.15) is 13.3 Å². The molecule has 0 aliphatic heterocycles. The second-order valence-electron chi connectivity index (χ2n) is 3.31. The first-order chi connectivity index (χ1) is 6.70. The number of thioether (sulfide) groups is 1. The van der Waals surface area contributed by atoms with Crippen LogP contribution in [0, 0.1) is 0 Å². The molecule has 0 saturated carbocycles. The topological polar surface area (TPSA) is 20.2 Å². The molecule has 1 aromatic rings. The van der Waals surface area contributed by atoms with Gasteiger partial charge in [0.2, 0.25) is 0 Å². The maximum absolute atomic E-state index is 9.49. The van der Waals surface area contributed by atoms with Crippen molar-refractivity contribution in [2.75, 3.05) is 5.75 Å². The Kier molecular flexibility index (Phi) is 4.77. The van der Waals surface area contributed by atoms with Gasteiger partial charge in [0.25, 0.3) is 0 Å². The Morgan fingerprint density at radius 2 is 2.07 bits per heavy atom. The number of benzene rings is 1. The fraction of sp³-hybridized carbons (Fsp3) is 0.333. The molecule has 0 bridgehead atoms. The number of rotatable bonds is 5. The Hall–Kier alpha value is -0.730. The van der Waals surface area contributed by atoms with E-state index in [1.54, 1.807) is 11.8 Å². The molecule has 0 unspecified atom stereocenters. The number of aliphatic hydroxyl groups is 1. The van der Waals surface area contributed by atoms with Crippen molar-refractivity contribution in [2.45, 2.75) is 24.3 Å². The molecule has 0 amide bonds. The monoisotopic (exact) mass is 208 g/mol. The Bertz CT molecular complexity index is 282. The average Bonchev–Trinajstić information content (AvgIpc) is 2.19. The van der Waals surface area contributed by atoms with Crippen LogP contribution in [0.2, 0.25) is 0 Å². The van der Waals surface area contributed by atoms with Crippen LogP contribution in [0.25, 0.3) is 0 Å². The van der Waals surface area contributed by atoms with E-state index in [-0.39, 0.29) is 6.10 Å². The van der Waals surface area contributed by atoms with Crippen molar-refractivity contribution < 1.29 is 5.11 Å². The summed E-state index contributed by atoms with van der Waals surface area (Å²) in [5, 5.41) is 9.49. The Labute approximate surface area is 89.8 Å². The van der Waals surface area contributed by atoms with E-state index in [0.717, 1.165) is 17.7 Å². The lowest BCUT2D eigenvalue weighted by molar-refractivity contribution is 0.208. The first-order valence-corrected chi connectivity index (χ1v) is 5.70. The standard InChI is InChI=1S/C12H16OS/c1-10(2)12(13)8-9-14-11-6-4-3-5-7-11/h3-7,12-13H,1,8-9H2,2H3/t12-/m1/s1. The predicted molar refractivity (Wildman–Crippen MR) is 62.6 cm³/mol. The number of hydrogen-bond acceptors (Lipinski definition) is 2. The van der Waals surface area contributed by atoms with Crippen molar-refractivity contribution >= 4 is 11.8 Å². The summed E-state index contributed by atoms with van der Waals surface area (Å²) in [5.41, 5.74) is 0.846. The first-order valence-electron chi connectivity index (χ1n) is 4.71. The molecule has 0 heterocycles. The molecule has 1 atom stereocenters. The van der Waals surface area contributed by atoms with Gasteiger partial charge in [-0.1, -0.05) is 30.4 Å². The minimum Gasteiger partial charge on any atom is -0.389 e. The van der Waals surface area contributed by atoms with E-state index in [0.29, 0.717) is 0 Å². The largest absolute Gasteiger partial charge is 0.389 e. The van der Waals surface area contributed by atoms with Crippen LogP contribution in [0.15, 0.2) is 47.4 Å². The van der Waals surface area contributed by atoms with Crippen LogP contribution in [0.4, 0.5) is 0 Å². The third-order valence-electron chi connectivity index (χ3n) is 1.97. The third-order valence-corrected chi connectivity index (χ3v) is 3.02. The zero-order valence-corrected chi connectivity index (χ0v) is 9.26. The van der Waals surface area contributed by atoms with E-state index in [4.69, 9.17) is 0 Å². The van der Waals surface area contributed by atoms with Crippen molar-refractivity contribution in [3.8, 4) is 0 Å². The van der Waals surface area contributed by atoms with Gasteiger partial charge in [-0.2, -0.15) is 0 Å². The molecular formula is C12H16OS. The molecule has 0 radical (unpaired) electrons. The number of hydrogen-bond donors (Lipinski definition) is 1. The van der Waals surface area contributed by atoms with Gasteiger partial charge in [0.1, 0.15) is 0 Å². The lowest BCUT2D eigenvalue weighted by atomic mass is 10.1. The second-order valence-corrected chi connectivity index (χ2v) is 4.48. The van der Waals surface area contributed by atoms with E-state index in [2.05, 4.69) is 18.7 Å². The molecule has 76 valence electrons. The third kappa shape index (κ3) is 3.99. The van der Waals surface area contributed by atoms with Crippen LogP contribution in [0.5, 0.6) is 0 Å². The minimum atomic E-state index is -0.355. The molecule has 0 saturated heterocycles. The Morgan fingerprint density at radius 1 is 1.43 bits per heavy atom. The van der Waals surface area contributed by atoms with E-state index in [1.165, 1.54) is 4.90 Å². The van der Waals surface area contributed by atoms with Crippen molar-refractivity contribution in [2.24, 2.45) is 0 Å². The highest BCUT2D eigenvalue weighted by molar-refractivity contribution is 7.99. The molecular weight excluding hydrogens is 192 g/mol. The summed E-state index contributed by atoms with van der Waals surface area (Å²) in [5.74, 6) is 0.929. The Morgan fingerprint density at radius 3 is 2.64 bits per heavy atom. The highest BCUT2D eigenvalue weighted by Gasteiger charge is 2.03. The second kappa shape index (κ2) is 5.89. The summed E-state index contributed by atoms with van der Waals surface area (Å²) >= 11 is 1.77. The van der Waals surface area contributed by atoms with Gasteiger partial charge in [-0.15, -0.1) is 11.8 Å². The quantitative estimate of drug-likeness (QED) is 0.592. The summed E-state index contributed by atoms with van der Waals surface area (Å²) in [7, 11) is 0. The van der Waals surface area contributed by atoms with Crippen molar-refractivity contribution in [3.63, 3.8) is 0 Å². The molecule has 2 heteroatoms. The van der Waals surface area contributed by atoms with E-state index in [9.17, 15) is 5.11 Å². The molecule has 0 aliphatic rings. The molecule has 14 heavy (non-hydrogen) atoms. The lowest BCUT2D eigenvalue weighted by Crippen LogP contribution is -2.07. The van der Waals surface area contributed by atoms with Gasteiger partial charge in [0, 0.05) is 10.6 Å². The summed E-state index contributed by atoms with van der Waals surface area (Å²) in [6.07, 6.45) is 0.417. The van der Waals surface area contributed by atoms with Crippen LogP contribution in [0.3, 0.4) is 0 Å². The molecule has 0 spiro atoms. The van der Waals surface area contributed by atoms with Gasteiger partial charge in [-0.25, -0.2) is 0 Å². The SMILES string of the molecule is C=C(C)[C@H](O)CCSc1ccccc1. The average molecular weight is 208 g/mol. The van der Waals surface area contributed by atoms with Gasteiger partial charge in [0.05, 0.1) is 6.10 Å². The van der Waals surface area contributed by atoms with E-state index >= 15 is 0 Å². The number of aliphatic hydroxyl groups excluding tert-OH is 1. The van der Waals surface area contributed by atoms with Crippen LogP contribution < -0.4 is 0 Å². The molecule has 0 aromatic heterocycles. The van der Waals surface area contributed by atoms with Gasteiger partial charge < -0.3 is 5.11 Å². The minimum absolute atomic E-state index is 0.355. The summed E-state index contributed by atoms with van der Waals surface area (Å²) in [4.78, 5) is 1.25. The fourth-order valence-corrected chi connectivity index (χ4v) is 1.98. The highest BCUT2D eigenvalue weighted by atomic mass is 32.2. The van der Waals surface area contributed by atoms with Crippen molar-refractivity contribution in [1.82, 2.24) is 0 Å². The highest BCUT2D eigenvalue weighted by Crippen LogP contribution is 2.19. The lowest BCUT2D eigenvalue weighted by Gasteiger charge is -2.09. The van der Waals surface area contributed by atoms with Gasteiger partial charge in [-0.05, 0) is 25.5 Å². The van der Waals surface area contributed by atoms with Crippen molar-refractivity contribution in [1.29, 1.82) is 0 Å². The molecule has 0 aliphatic carbocycles. The van der Waals surface area contributed by atoms with Gasteiger partial charge in [-0.3, -0.25) is 0 Å². The zero-order valence-electron chi connectivity index (χ0n) is 8.44. The smallest absolute Gasteiger partial charge is 0.0752 e. The summed E-state index contributed by atoms with van der Waals surface area (Å²) in [6, 6.07) is 10.2. The maximum Gasteiger partial charge on any atom is 0.0752 e. The van der Waals surface area contributed by atoms with E-state index < -0.39 is 0 Å². The summed E-state index contributed by atoms with van der Waals surface area (Å²) < 4.78 is 0. The predicted octanol–water partition coefficient (Wildman–Crippen LogP) is 3.11. The van der Waals surface area contributed by atoms with Gasteiger partial charge in [0.15, 0.2) is 0 Å². The molecule has 0 fully saturated rings. The van der Waals surface area contributed by atoms with Gasteiger partial charge >= 0.3 is 0 Å². The first kappa shape index (κ1) is 11.3. The van der Waals surface area contributed by atoms with Crippen LogP contribution in [-0.2, 0) is 0 Å². The molecule has 1 aromatic carbocycles. The zero-order chi connectivity index (χ0) is 10.4. The van der Waals surface area contributed by atoms with Crippen molar-refractivity contribution in [3.05, 3.63) is 42.5 Å². The normalized spacial score (nSPS) is 12.4. The fourth-order valence-electron chi connectivity index (χ4n) is 1.05.